The van der Waals surface area contributed by atoms with Gasteiger partial charge >= 0.3 is 5.76 Å². The fourth-order valence-corrected chi connectivity index (χ4v) is 4.41. The van der Waals surface area contributed by atoms with E-state index in [9.17, 15) is 22.8 Å². The second-order valence-electron chi connectivity index (χ2n) is 7.58. The third kappa shape index (κ3) is 5.13. The number of benzene rings is 3. The minimum atomic E-state index is -3.86. The zero-order valence-electron chi connectivity index (χ0n) is 18.1. The maximum Gasteiger partial charge on any atom is 0.420 e. The van der Waals surface area contributed by atoms with Crippen molar-refractivity contribution in [2.24, 2.45) is 0 Å². The number of nitrogens with one attached hydrogen (secondary N) is 2. The molecule has 9 nitrogen and oxygen atoms in total. The monoisotopic (exact) mass is 479 g/mol. The van der Waals surface area contributed by atoms with Crippen LogP contribution in [0.25, 0.3) is 11.1 Å². The predicted octanol–water partition coefficient (Wildman–Crippen LogP) is 2.91. The van der Waals surface area contributed by atoms with Gasteiger partial charge in [0.2, 0.25) is 15.9 Å². The molecule has 0 saturated carbocycles. The zero-order chi connectivity index (χ0) is 24.3. The van der Waals surface area contributed by atoms with E-state index >= 15 is 0 Å². The highest BCUT2D eigenvalue weighted by molar-refractivity contribution is 7.89. The van der Waals surface area contributed by atoms with Crippen LogP contribution in [-0.4, -0.2) is 24.7 Å². The molecule has 0 aliphatic rings. The number of anilines is 1. The van der Waals surface area contributed by atoms with E-state index in [0.717, 1.165) is 10.1 Å². The number of sulfonamides is 1. The molecule has 1 heterocycles. The minimum Gasteiger partial charge on any atom is -0.408 e. The van der Waals surface area contributed by atoms with Gasteiger partial charge in [-0.3, -0.25) is 14.2 Å². The summed E-state index contributed by atoms with van der Waals surface area (Å²) in [7, 11) is -3.86. The number of aromatic nitrogens is 1. The molecule has 0 saturated heterocycles. The predicted molar refractivity (Wildman–Crippen MR) is 126 cm³/mol. The highest BCUT2D eigenvalue weighted by Crippen LogP contribution is 2.19. The third-order valence-corrected chi connectivity index (χ3v) is 6.51. The molecule has 2 N–H and O–H groups in total. The van der Waals surface area contributed by atoms with Crippen molar-refractivity contribution in [2.45, 2.75) is 24.9 Å². The molecular formula is C24H21N3O6S. The van der Waals surface area contributed by atoms with E-state index in [1.807, 2.05) is 18.2 Å². The lowest BCUT2D eigenvalue weighted by atomic mass is 10.1. The Hall–Kier alpha value is -4.02. The highest BCUT2D eigenvalue weighted by atomic mass is 32.2. The molecule has 4 aromatic rings. The quantitative estimate of drug-likeness (QED) is 0.374. The summed E-state index contributed by atoms with van der Waals surface area (Å²) in [6, 6.07) is 19.5. The maximum atomic E-state index is 12.7. The summed E-state index contributed by atoms with van der Waals surface area (Å²) in [5.41, 5.74) is 1.97. The molecular weight excluding hydrogens is 458 g/mol. The number of hydrogen-bond donors (Lipinski definition) is 2. The van der Waals surface area contributed by atoms with Gasteiger partial charge in [-0.05, 0) is 36.8 Å². The Balaban J connectivity index is 1.52. The van der Waals surface area contributed by atoms with Gasteiger partial charge in [0.1, 0.15) is 6.54 Å². The Bertz CT molecular complexity index is 1540. The van der Waals surface area contributed by atoms with Gasteiger partial charge in [0.15, 0.2) is 11.4 Å². The zero-order valence-corrected chi connectivity index (χ0v) is 19.0. The lowest BCUT2D eigenvalue weighted by molar-refractivity contribution is -0.116. The number of amides is 1. The maximum absolute atomic E-state index is 12.7. The molecule has 0 bridgehead atoms. The summed E-state index contributed by atoms with van der Waals surface area (Å²) >= 11 is 0. The molecule has 1 amide bonds. The smallest absolute Gasteiger partial charge is 0.408 e. The Labute approximate surface area is 195 Å². The van der Waals surface area contributed by atoms with Crippen molar-refractivity contribution in [3.63, 3.8) is 0 Å². The van der Waals surface area contributed by atoms with Crippen molar-refractivity contribution in [1.29, 1.82) is 0 Å². The Morgan fingerprint density at radius 3 is 2.47 bits per heavy atom. The largest absolute Gasteiger partial charge is 0.420 e. The summed E-state index contributed by atoms with van der Waals surface area (Å²) in [5, 5.41) is 2.64. The van der Waals surface area contributed by atoms with Crippen LogP contribution in [0.4, 0.5) is 5.69 Å². The van der Waals surface area contributed by atoms with Gasteiger partial charge in [0, 0.05) is 23.9 Å². The number of fused-ring (bicyclic) bond motifs is 1. The fourth-order valence-electron chi connectivity index (χ4n) is 3.38. The van der Waals surface area contributed by atoms with Crippen molar-refractivity contribution in [1.82, 2.24) is 9.29 Å². The molecule has 0 aliphatic heterocycles. The van der Waals surface area contributed by atoms with E-state index in [-0.39, 0.29) is 34.9 Å². The van der Waals surface area contributed by atoms with E-state index in [2.05, 4.69) is 10.0 Å². The number of carbonyl (C=O) groups is 2. The van der Waals surface area contributed by atoms with Crippen molar-refractivity contribution in [2.75, 3.05) is 5.32 Å². The topological polar surface area (TPSA) is 127 Å². The standard InChI is InChI=1S/C24H21N3O6S/c1-16(28)18-8-5-9-19(12-18)26-23(29)15-27-21-11-10-20(13-22(21)33-24(27)30)34(31,32)25-14-17-6-3-2-4-7-17/h2-13,25H,14-15H2,1H3,(H,26,29). The lowest BCUT2D eigenvalue weighted by Gasteiger charge is -2.08. The first kappa shape index (κ1) is 23.1. The SMILES string of the molecule is CC(=O)c1cccc(NC(=O)Cn2c(=O)oc3cc(S(=O)(=O)NCc4ccccc4)ccc32)c1. The summed E-state index contributed by atoms with van der Waals surface area (Å²) < 4.78 is 34.1. The first-order chi connectivity index (χ1) is 16.2. The average Bonchev–Trinajstić information content (AvgIpc) is 3.12. The van der Waals surface area contributed by atoms with Crippen LogP contribution in [0.2, 0.25) is 0 Å². The van der Waals surface area contributed by atoms with Crippen LogP contribution in [0.5, 0.6) is 0 Å². The number of carbonyl (C=O) groups excluding carboxylic acids is 2. The Kier molecular flexibility index (Phi) is 6.44. The fraction of sp³-hybridized carbons (Fsp3) is 0.125. The Morgan fingerprint density at radius 1 is 0.971 bits per heavy atom. The number of Topliss-reactive ketones (excluding diaryl/α,β-unsaturated/α-hetero) is 1. The second kappa shape index (κ2) is 9.46. The number of nitrogens with zero attached hydrogens (tertiary/aromatic N) is 1. The molecule has 0 fully saturated rings. The van der Waals surface area contributed by atoms with Crippen molar-refractivity contribution in [3.05, 3.63) is 94.5 Å². The molecule has 174 valence electrons. The van der Waals surface area contributed by atoms with Crippen LogP contribution in [0.15, 0.2) is 86.9 Å². The van der Waals surface area contributed by atoms with E-state index in [0.29, 0.717) is 11.3 Å². The van der Waals surface area contributed by atoms with Crippen LogP contribution >= 0.6 is 0 Å². The van der Waals surface area contributed by atoms with Crippen LogP contribution in [-0.2, 0) is 27.9 Å². The number of rotatable bonds is 8. The molecule has 3 aromatic carbocycles. The Morgan fingerprint density at radius 2 is 1.74 bits per heavy atom. The van der Waals surface area contributed by atoms with Crippen molar-refractivity contribution in [3.8, 4) is 0 Å². The number of hydrogen-bond acceptors (Lipinski definition) is 6. The highest BCUT2D eigenvalue weighted by Gasteiger charge is 2.19. The number of oxazole rings is 1. The van der Waals surface area contributed by atoms with Gasteiger partial charge in [-0.1, -0.05) is 42.5 Å². The lowest BCUT2D eigenvalue weighted by Crippen LogP contribution is -2.25. The van der Waals surface area contributed by atoms with Gasteiger partial charge < -0.3 is 9.73 Å². The molecule has 0 atom stereocenters. The molecule has 1 aromatic heterocycles. The van der Waals surface area contributed by atoms with Gasteiger partial charge in [-0.2, -0.15) is 0 Å². The van der Waals surface area contributed by atoms with E-state index in [1.165, 1.54) is 31.2 Å². The molecule has 0 aliphatic carbocycles. The van der Waals surface area contributed by atoms with E-state index in [1.54, 1.807) is 30.3 Å². The summed E-state index contributed by atoms with van der Waals surface area (Å²) in [5.74, 6) is -1.45. The normalized spacial score (nSPS) is 11.4. The third-order valence-electron chi connectivity index (χ3n) is 5.11. The molecule has 0 spiro atoms. The first-order valence-electron chi connectivity index (χ1n) is 10.3. The van der Waals surface area contributed by atoms with E-state index in [4.69, 9.17) is 4.42 Å². The molecule has 10 heteroatoms. The average molecular weight is 480 g/mol. The second-order valence-corrected chi connectivity index (χ2v) is 9.35. The van der Waals surface area contributed by atoms with Crippen LogP contribution in [0, 0.1) is 0 Å². The minimum absolute atomic E-state index is 0.0407. The van der Waals surface area contributed by atoms with Gasteiger partial charge in [0.05, 0.1) is 10.4 Å². The van der Waals surface area contributed by atoms with E-state index < -0.39 is 21.7 Å². The van der Waals surface area contributed by atoms with Gasteiger partial charge in [0.25, 0.3) is 0 Å². The molecule has 4 rings (SSSR count). The van der Waals surface area contributed by atoms with Crippen LogP contribution in [0.1, 0.15) is 22.8 Å². The van der Waals surface area contributed by atoms with Crippen LogP contribution in [0.3, 0.4) is 0 Å². The molecule has 0 radical (unpaired) electrons. The first-order valence-corrected chi connectivity index (χ1v) is 11.8. The van der Waals surface area contributed by atoms with Crippen LogP contribution < -0.4 is 15.8 Å². The number of ketones is 1. The molecule has 34 heavy (non-hydrogen) atoms. The summed E-state index contributed by atoms with van der Waals surface area (Å²) in [4.78, 5) is 36.3. The van der Waals surface area contributed by atoms with Gasteiger partial charge in [-0.25, -0.2) is 17.9 Å². The van der Waals surface area contributed by atoms with Crippen molar-refractivity contribution < 1.29 is 22.4 Å². The summed E-state index contributed by atoms with van der Waals surface area (Å²) in [6.45, 7) is 1.18. The van der Waals surface area contributed by atoms with Crippen molar-refractivity contribution >= 4 is 38.5 Å². The van der Waals surface area contributed by atoms with Gasteiger partial charge in [-0.15, -0.1) is 0 Å². The molecule has 0 unspecified atom stereocenters. The summed E-state index contributed by atoms with van der Waals surface area (Å²) in [6.07, 6.45) is 0.